The third-order valence-corrected chi connectivity index (χ3v) is 5.44. The summed E-state index contributed by atoms with van der Waals surface area (Å²) in [5.41, 5.74) is 2.60. The fourth-order valence-corrected chi connectivity index (χ4v) is 3.60. The van der Waals surface area contributed by atoms with Gasteiger partial charge >= 0.3 is 5.97 Å². The number of carbonyl (C=O) groups excluding carboxylic acids is 2. The lowest BCUT2D eigenvalue weighted by atomic mass is 10.1. The smallest absolute Gasteiger partial charge is 0.343 e. The van der Waals surface area contributed by atoms with Crippen LogP contribution in [0.4, 0.5) is 0 Å². The van der Waals surface area contributed by atoms with Crippen molar-refractivity contribution in [3.05, 3.63) is 87.2 Å². The van der Waals surface area contributed by atoms with Gasteiger partial charge in [-0.15, -0.1) is 0 Å². The molecule has 0 spiro atoms. The van der Waals surface area contributed by atoms with E-state index >= 15 is 0 Å². The van der Waals surface area contributed by atoms with Gasteiger partial charge < -0.3 is 10.1 Å². The van der Waals surface area contributed by atoms with Crippen LogP contribution in [0.2, 0.25) is 10.2 Å². The fourth-order valence-electron chi connectivity index (χ4n) is 3.10. The van der Waals surface area contributed by atoms with Gasteiger partial charge in [0.2, 0.25) is 0 Å². The number of hydrogen-bond donors (Lipinski definition) is 1. The molecular weight excluding hydrogens is 437 g/mol. The molecule has 3 rings (SSSR count). The summed E-state index contributed by atoms with van der Waals surface area (Å²) in [4.78, 5) is 24.5. The van der Waals surface area contributed by atoms with Gasteiger partial charge in [0.15, 0.2) is 6.61 Å². The van der Waals surface area contributed by atoms with Crippen LogP contribution >= 0.6 is 23.2 Å². The zero-order chi connectivity index (χ0) is 22.2. The minimum Gasteiger partial charge on any atom is -0.452 e. The first-order valence-electron chi connectivity index (χ1n) is 9.89. The summed E-state index contributed by atoms with van der Waals surface area (Å²) < 4.78 is 6.62. The van der Waals surface area contributed by atoms with Crippen LogP contribution in [0.1, 0.15) is 33.6 Å². The second-order valence-electron chi connectivity index (χ2n) is 7.02. The second-order valence-corrected chi connectivity index (χ2v) is 7.78. The molecule has 1 aromatic heterocycles. The van der Waals surface area contributed by atoms with Crippen molar-refractivity contribution in [2.45, 2.75) is 26.3 Å². The molecule has 1 N–H and O–H groups in total. The first kappa shape index (κ1) is 22.8. The van der Waals surface area contributed by atoms with Crippen molar-refractivity contribution >= 4 is 35.1 Å². The Labute approximate surface area is 191 Å². The summed E-state index contributed by atoms with van der Waals surface area (Å²) in [6.07, 6.45) is 1.66. The summed E-state index contributed by atoms with van der Waals surface area (Å²) in [7, 11) is 0. The number of rotatable bonds is 9. The first-order chi connectivity index (χ1) is 15.0. The van der Waals surface area contributed by atoms with E-state index in [1.807, 2.05) is 48.5 Å². The van der Waals surface area contributed by atoms with Crippen LogP contribution < -0.4 is 5.32 Å². The number of nitrogens with zero attached hydrogens (tertiary/aromatic N) is 2. The van der Waals surface area contributed by atoms with Gasteiger partial charge in [-0.2, -0.15) is 5.10 Å². The summed E-state index contributed by atoms with van der Waals surface area (Å²) in [6, 6.07) is 17.3. The number of esters is 1. The molecule has 0 aliphatic heterocycles. The molecule has 1 heterocycles. The summed E-state index contributed by atoms with van der Waals surface area (Å²) >= 11 is 12.5. The van der Waals surface area contributed by atoms with Gasteiger partial charge in [0, 0.05) is 11.6 Å². The average molecular weight is 460 g/mol. The topological polar surface area (TPSA) is 73.2 Å². The van der Waals surface area contributed by atoms with E-state index in [0.29, 0.717) is 23.8 Å². The largest absolute Gasteiger partial charge is 0.452 e. The average Bonchev–Trinajstić information content (AvgIpc) is 3.05. The molecule has 0 fully saturated rings. The van der Waals surface area contributed by atoms with E-state index in [2.05, 4.69) is 10.4 Å². The van der Waals surface area contributed by atoms with E-state index in [1.54, 1.807) is 13.0 Å². The number of aromatic nitrogens is 2. The van der Waals surface area contributed by atoms with Crippen LogP contribution in [0.25, 0.3) is 0 Å². The minimum absolute atomic E-state index is 0.144. The van der Waals surface area contributed by atoms with E-state index in [1.165, 1.54) is 10.2 Å². The zero-order valence-corrected chi connectivity index (χ0v) is 18.6. The van der Waals surface area contributed by atoms with Gasteiger partial charge in [0.25, 0.3) is 5.91 Å². The van der Waals surface area contributed by atoms with Crippen molar-refractivity contribution in [3.8, 4) is 0 Å². The molecule has 0 aliphatic carbocycles. The highest BCUT2D eigenvalue weighted by Crippen LogP contribution is 2.24. The van der Waals surface area contributed by atoms with Crippen LogP contribution in [0.15, 0.2) is 54.6 Å². The molecular formula is C23H23Cl2N3O3. The first-order valence-corrected chi connectivity index (χ1v) is 10.7. The molecule has 0 saturated heterocycles. The molecule has 3 aromatic rings. The maximum atomic E-state index is 12.5. The molecule has 0 saturated carbocycles. The highest BCUT2D eigenvalue weighted by atomic mass is 35.5. The highest BCUT2D eigenvalue weighted by Gasteiger charge is 2.22. The molecule has 0 radical (unpaired) electrons. The molecule has 6 nitrogen and oxygen atoms in total. The summed E-state index contributed by atoms with van der Waals surface area (Å²) in [6.45, 7) is 2.10. The standard InChI is InChI=1S/C23H23Cl2N3O3/c1-16-21(22(25)28(27-16)14-18-11-5-6-12-19(18)24)23(30)31-15-20(29)26-13-7-10-17-8-3-2-4-9-17/h2-6,8-9,11-12H,7,10,13-15H2,1H3,(H,26,29). The molecule has 1 amide bonds. The van der Waals surface area contributed by atoms with Gasteiger partial charge in [-0.05, 0) is 37.0 Å². The number of amides is 1. The zero-order valence-electron chi connectivity index (χ0n) is 17.1. The molecule has 0 unspecified atom stereocenters. The maximum absolute atomic E-state index is 12.5. The quantitative estimate of drug-likeness (QED) is 0.378. The Bertz CT molecular complexity index is 1050. The van der Waals surface area contributed by atoms with Crippen molar-refractivity contribution < 1.29 is 14.3 Å². The molecule has 31 heavy (non-hydrogen) atoms. The van der Waals surface area contributed by atoms with Crippen LogP contribution in [0.5, 0.6) is 0 Å². The molecule has 0 atom stereocenters. The summed E-state index contributed by atoms with van der Waals surface area (Å²) in [5.74, 6) is -1.05. The lowest BCUT2D eigenvalue weighted by Crippen LogP contribution is -2.30. The molecule has 0 aliphatic rings. The number of hydrogen-bond acceptors (Lipinski definition) is 4. The van der Waals surface area contributed by atoms with E-state index < -0.39 is 5.97 Å². The van der Waals surface area contributed by atoms with Crippen LogP contribution in [-0.4, -0.2) is 34.8 Å². The van der Waals surface area contributed by atoms with Gasteiger partial charge in [-0.1, -0.05) is 71.7 Å². The van der Waals surface area contributed by atoms with Crippen molar-refractivity contribution in [2.24, 2.45) is 0 Å². The number of halogens is 2. The molecule has 0 bridgehead atoms. The molecule has 8 heteroatoms. The van der Waals surface area contributed by atoms with Crippen molar-refractivity contribution in [1.82, 2.24) is 15.1 Å². The molecule has 162 valence electrons. The van der Waals surface area contributed by atoms with Gasteiger partial charge in [-0.3, -0.25) is 4.79 Å². The molecule has 2 aromatic carbocycles. The Morgan fingerprint density at radius 1 is 1.06 bits per heavy atom. The van der Waals surface area contributed by atoms with E-state index in [9.17, 15) is 9.59 Å². The summed E-state index contributed by atoms with van der Waals surface area (Å²) in [5, 5.41) is 7.78. The van der Waals surface area contributed by atoms with Crippen LogP contribution in [-0.2, 0) is 22.5 Å². The number of aryl methyl sites for hydroxylation is 2. The van der Waals surface area contributed by atoms with Crippen molar-refractivity contribution in [3.63, 3.8) is 0 Å². The number of nitrogens with one attached hydrogen (secondary N) is 1. The fraction of sp³-hybridized carbons (Fsp3) is 0.261. The number of benzene rings is 2. The van der Waals surface area contributed by atoms with E-state index in [4.69, 9.17) is 27.9 Å². The van der Waals surface area contributed by atoms with Gasteiger partial charge in [0.05, 0.1) is 12.2 Å². The number of carbonyl (C=O) groups is 2. The minimum atomic E-state index is -0.688. The van der Waals surface area contributed by atoms with Crippen LogP contribution in [0, 0.1) is 6.92 Å². The predicted octanol–water partition coefficient (Wildman–Crippen LogP) is 4.45. The van der Waals surface area contributed by atoms with Crippen molar-refractivity contribution in [1.29, 1.82) is 0 Å². The monoisotopic (exact) mass is 459 g/mol. The van der Waals surface area contributed by atoms with Gasteiger partial charge in [0.1, 0.15) is 10.7 Å². The lowest BCUT2D eigenvalue weighted by molar-refractivity contribution is -0.124. The Morgan fingerprint density at radius 3 is 2.52 bits per heavy atom. The second kappa shape index (κ2) is 11.0. The Hall–Kier alpha value is -2.83. The van der Waals surface area contributed by atoms with Crippen molar-refractivity contribution in [2.75, 3.05) is 13.2 Å². The lowest BCUT2D eigenvalue weighted by Gasteiger charge is -2.07. The normalized spacial score (nSPS) is 10.7. The number of ether oxygens (including phenoxy) is 1. The predicted molar refractivity (Wildman–Crippen MR) is 121 cm³/mol. The van der Waals surface area contributed by atoms with E-state index in [-0.39, 0.29) is 23.2 Å². The Kier molecular flexibility index (Phi) is 8.09. The van der Waals surface area contributed by atoms with Gasteiger partial charge in [-0.25, -0.2) is 9.48 Å². The highest BCUT2D eigenvalue weighted by molar-refractivity contribution is 6.33. The third-order valence-electron chi connectivity index (χ3n) is 4.69. The van der Waals surface area contributed by atoms with E-state index in [0.717, 1.165) is 18.4 Å². The maximum Gasteiger partial charge on any atom is 0.343 e. The third kappa shape index (κ3) is 6.32. The Morgan fingerprint density at radius 2 is 1.77 bits per heavy atom. The van der Waals surface area contributed by atoms with Crippen LogP contribution in [0.3, 0.4) is 0 Å². The Balaban J connectivity index is 1.49. The SMILES string of the molecule is Cc1nn(Cc2ccccc2Cl)c(Cl)c1C(=O)OCC(=O)NCCCc1ccccc1.